The van der Waals surface area contributed by atoms with Crippen molar-refractivity contribution in [3.63, 3.8) is 0 Å². The second kappa shape index (κ2) is 7.33. The predicted molar refractivity (Wildman–Crippen MR) is 107 cm³/mol. The average molecular weight is 431 g/mol. The molecular formula is C18H14FN5O3S2. The van der Waals surface area contributed by atoms with Crippen LogP contribution in [0.2, 0.25) is 0 Å². The van der Waals surface area contributed by atoms with Gasteiger partial charge in [-0.1, -0.05) is 0 Å². The Bertz CT molecular complexity index is 1300. The van der Waals surface area contributed by atoms with Crippen LogP contribution in [0.5, 0.6) is 11.5 Å². The molecule has 0 bridgehead atoms. The van der Waals surface area contributed by atoms with E-state index in [0.29, 0.717) is 27.6 Å². The molecule has 29 heavy (non-hydrogen) atoms. The number of anilines is 2. The first kappa shape index (κ1) is 19.2. The van der Waals surface area contributed by atoms with Gasteiger partial charge in [0.1, 0.15) is 24.2 Å². The van der Waals surface area contributed by atoms with E-state index in [4.69, 9.17) is 4.74 Å². The molecule has 0 radical (unpaired) electrons. The Kier molecular flexibility index (Phi) is 4.84. The molecule has 2 heterocycles. The van der Waals surface area contributed by atoms with Crippen LogP contribution in [0.25, 0.3) is 10.9 Å². The number of halogens is 1. The van der Waals surface area contributed by atoms with Gasteiger partial charge >= 0.3 is 0 Å². The molecule has 0 aliphatic carbocycles. The van der Waals surface area contributed by atoms with Crippen LogP contribution in [-0.2, 0) is 9.84 Å². The number of nitrogens with zero attached hydrogens (tertiary/aromatic N) is 5. The predicted octanol–water partition coefficient (Wildman–Crippen LogP) is 3.58. The maximum Gasteiger partial charge on any atom is 0.210 e. The molecule has 0 atom stereocenters. The van der Waals surface area contributed by atoms with Crippen LogP contribution in [0.1, 0.15) is 0 Å². The molecule has 0 fully saturated rings. The maximum atomic E-state index is 14.3. The Morgan fingerprint density at radius 1 is 1.07 bits per heavy atom. The molecule has 0 unspecified atom stereocenters. The Morgan fingerprint density at radius 3 is 2.59 bits per heavy atom. The third kappa shape index (κ3) is 3.87. The minimum atomic E-state index is -3.51. The fourth-order valence-corrected chi connectivity index (χ4v) is 3.81. The van der Waals surface area contributed by atoms with Crippen molar-refractivity contribution >= 4 is 43.2 Å². The fourth-order valence-electron chi connectivity index (χ4n) is 2.68. The molecule has 0 spiro atoms. The van der Waals surface area contributed by atoms with Crippen molar-refractivity contribution in [1.29, 1.82) is 0 Å². The molecule has 0 amide bonds. The lowest BCUT2D eigenvalue weighted by Crippen LogP contribution is -2.11. The third-order valence-electron chi connectivity index (χ3n) is 4.10. The van der Waals surface area contributed by atoms with Crippen LogP contribution in [0.15, 0.2) is 53.9 Å². The zero-order chi connectivity index (χ0) is 20.6. The summed E-state index contributed by atoms with van der Waals surface area (Å²) in [5.41, 5.74) is 0.673. The summed E-state index contributed by atoms with van der Waals surface area (Å²) in [5.74, 6) is 0.0754. The van der Waals surface area contributed by atoms with Crippen LogP contribution in [0.3, 0.4) is 0 Å². The van der Waals surface area contributed by atoms with Crippen molar-refractivity contribution in [3.8, 4) is 11.5 Å². The van der Waals surface area contributed by atoms with E-state index in [2.05, 4.69) is 19.3 Å². The Labute approximate surface area is 169 Å². The number of benzene rings is 2. The highest BCUT2D eigenvalue weighted by molar-refractivity contribution is 7.90. The van der Waals surface area contributed by atoms with Crippen LogP contribution < -0.4 is 9.64 Å². The summed E-state index contributed by atoms with van der Waals surface area (Å²) in [6, 6.07) is 8.58. The molecule has 0 saturated carbocycles. The SMILES string of the molecule is CN(c1ncns1)c1ncnc2ccc(Oc3ccc(S(C)(=O)=O)cc3F)cc12. The van der Waals surface area contributed by atoms with E-state index in [1.165, 1.54) is 36.3 Å². The van der Waals surface area contributed by atoms with Gasteiger partial charge in [0.05, 0.1) is 10.4 Å². The van der Waals surface area contributed by atoms with Crippen LogP contribution in [0, 0.1) is 5.82 Å². The molecule has 2 aromatic heterocycles. The standard InChI is InChI=1S/C18H14FN5O3S2/c1-24(18-22-10-23-28-18)17-13-7-11(3-5-15(13)20-9-21-17)27-16-6-4-12(8-14(16)19)29(2,25)26/h3-10H,1-2H3. The van der Waals surface area contributed by atoms with Crippen molar-refractivity contribution in [1.82, 2.24) is 19.3 Å². The summed E-state index contributed by atoms with van der Waals surface area (Å²) < 4.78 is 47.1. The van der Waals surface area contributed by atoms with Gasteiger partial charge in [-0.2, -0.15) is 4.37 Å². The van der Waals surface area contributed by atoms with Gasteiger partial charge in [-0.15, -0.1) is 0 Å². The Morgan fingerprint density at radius 2 is 1.90 bits per heavy atom. The first-order valence-corrected chi connectivity index (χ1v) is 10.9. The highest BCUT2D eigenvalue weighted by atomic mass is 32.2. The molecule has 4 aromatic rings. The van der Waals surface area contributed by atoms with Crippen molar-refractivity contribution in [3.05, 3.63) is 54.9 Å². The zero-order valence-corrected chi connectivity index (χ0v) is 16.9. The van der Waals surface area contributed by atoms with Crippen molar-refractivity contribution in [2.24, 2.45) is 0 Å². The van der Waals surface area contributed by atoms with E-state index < -0.39 is 15.7 Å². The van der Waals surface area contributed by atoms with Crippen molar-refractivity contribution < 1.29 is 17.5 Å². The third-order valence-corrected chi connectivity index (χ3v) is 5.95. The number of hydrogen-bond donors (Lipinski definition) is 0. The van der Waals surface area contributed by atoms with Gasteiger partial charge in [0, 0.05) is 30.2 Å². The first-order valence-electron chi connectivity index (χ1n) is 8.25. The minimum Gasteiger partial charge on any atom is -0.454 e. The summed E-state index contributed by atoms with van der Waals surface area (Å²) in [5, 5.41) is 1.33. The monoisotopic (exact) mass is 431 g/mol. The lowest BCUT2D eigenvalue weighted by Gasteiger charge is -2.16. The molecule has 0 N–H and O–H groups in total. The highest BCUT2D eigenvalue weighted by Crippen LogP contribution is 2.33. The molecule has 11 heteroatoms. The molecule has 148 valence electrons. The van der Waals surface area contributed by atoms with E-state index in [1.807, 2.05) is 0 Å². The van der Waals surface area contributed by atoms with Crippen LogP contribution in [-0.4, -0.2) is 41.0 Å². The number of hydrogen-bond acceptors (Lipinski definition) is 9. The van der Waals surface area contributed by atoms with E-state index in [9.17, 15) is 12.8 Å². The number of rotatable bonds is 5. The number of ether oxygens (including phenoxy) is 1. The van der Waals surface area contributed by atoms with Crippen LogP contribution >= 0.6 is 11.5 Å². The summed E-state index contributed by atoms with van der Waals surface area (Å²) in [6.45, 7) is 0. The molecule has 8 nitrogen and oxygen atoms in total. The summed E-state index contributed by atoms with van der Waals surface area (Å²) in [7, 11) is -1.70. The van der Waals surface area contributed by atoms with Crippen LogP contribution in [0.4, 0.5) is 15.3 Å². The van der Waals surface area contributed by atoms with E-state index in [1.54, 1.807) is 30.1 Å². The number of fused-ring (bicyclic) bond motifs is 1. The summed E-state index contributed by atoms with van der Waals surface area (Å²) in [4.78, 5) is 14.4. The molecule has 4 rings (SSSR count). The lowest BCUT2D eigenvalue weighted by molar-refractivity contribution is 0.441. The normalized spacial score (nSPS) is 11.6. The molecule has 0 saturated heterocycles. The molecule has 0 aliphatic heterocycles. The number of sulfone groups is 1. The van der Waals surface area contributed by atoms with Gasteiger partial charge in [0.2, 0.25) is 5.13 Å². The first-order chi connectivity index (χ1) is 13.8. The minimum absolute atomic E-state index is 0.0902. The van der Waals surface area contributed by atoms with Gasteiger partial charge in [0.15, 0.2) is 21.4 Å². The van der Waals surface area contributed by atoms with Crippen molar-refractivity contribution in [2.45, 2.75) is 4.90 Å². The Hall–Kier alpha value is -3.18. The molecule has 0 aliphatic rings. The quantitative estimate of drug-likeness (QED) is 0.473. The maximum absolute atomic E-state index is 14.3. The fraction of sp³-hybridized carbons (Fsp3) is 0.111. The van der Waals surface area contributed by atoms with Gasteiger partial charge < -0.3 is 9.64 Å². The largest absolute Gasteiger partial charge is 0.454 e. The van der Waals surface area contributed by atoms with Gasteiger partial charge in [-0.25, -0.2) is 27.8 Å². The molecule has 2 aromatic carbocycles. The van der Waals surface area contributed by atoms with E-state index in [-0.39, 0.29) is 10.6 Å². The number of aromatic nitrogens is 4. The van der Waals surface area contributed by atoms with Gasteiger partial charge in [-0.3, -0.25) is 0 Å². The van der Waals surface area contributed by atoms with Gasteiger partial charge in [-0.05, 0) is 36.4 Å². The lowest BCUT2D eigenvalue weighted by atomic mass is 10.2. The molecular weight excluding hydrogens is 417 g/mol. The highest BCUT2D eigenvalue weighted by Gasteiger charge is 2.16. The van der Waals surface area contributed by atoms with Gasteiger partial charge in [0.25, 0.3) is 0 Å². The zero-order valence-electron chi connectivity index (χ0n) is 15.3. The van der Waals surface area contributed by atoms with Crippen molar-refractivity contribution in [2.75, 3.05) is 18.2 Å². The average Bonchev–Trinajstić information content (AvgIpc) is 3.22. The van der Waals surface area contributed by atoms with E-state index in [0.717, 1.165) is 12.3 Å². The summed E-state index contributed by atoms with van der Waals surface area (Å²) >= 11 is 1.22. The Balaban J connectivity index is 1.72. The smallest absolute Gasteiger partial charge is 0.210 e. The summed E-state index contributed by atoms with van der Waals surface area (Å²) in [6.07, 6.45) is 3.91. The van der Waals surface area contributed by atoms with E-state index >= 15 is 0 Å². The topological polar surface area (TPSA) is 98.2 Å². The second-order valence-electron chi connectivity index (χ2n) is 6.13. The second-order valence-corrected chi connectivity index (χ2v) is 8.90.